The first-order valence-electron chi connectivity index (χ1n) is 23.1. The van der Waals surface area contributed by atoms with Crippen molar-refractivity contribution in [2.45, 2.75) is 0 Å². The molecular weight excluding hydrogens is 683 g/mol. The van der Waals surface area contributed by atoms with Crippen molar-refractivity contribution in [2.75, 3.05) is 0 Å². The van der Waals surface area contributed by atoms with Gasteiger partial charge in [-0.05, 0) is 64.6 Å². The average molecular weight is 726 g/mol. The van der Waals surface area contributed by atoms with Crippen LogP contribution in [0.15, 0.2) is 200 Å². The predicted octanol–water partition coefficient (Wildman–Crippen LogP) is 12.7. The number of rotatable bonds is 6. The summed E-state index contributed by atoms with van der Waals surface area (Å²) in [6.07, 6.45) is 0. The van der Waals surface area contributed by atoms with Crippen LogP contribution in [0, 0.1) is 0 Å². The molecule has 0 N–H and O–H groups in total. The van der Waals surface area contributed by atoms with Gasteiger partial charge in [-0.1, -0.05) is 158 Å². The summed E-state index contributed by atoms with van der Waals surface area (Å²) in [6, 6.07) is 39.5. The normalized spacial score (nSPS) is 14.1. The van der Waals surface area contributed by atoms with Crippen LogP contribution in [0.5, 0.6) is 0 Å². The third kappa shape index (κ3) is 5.29. The van der Waals surface area contributed by atoms with Gasteiger partial charge in [0, 0.05) is 38.4 Å². The lowest BCUT2D eigenvalue weighted by atomic mass is 9.99. The quantitative estimate of drug-likeness (QED) is 0.171. The van der Waals surface area contributed by atoms with E-state index in [2.05, 4.69) is 6.07 Å². The minimum Gasteiger partial charge on any atom is -0.309 e. The second kappa shape index (κ2) is 13.0. The van der Waals surface area contributed by atoms with Crippen molar-refractivity contribution >= 4 is 43.6 Å². The summed E-state index contributed by atoms with van der Waals surface area (Å²) in [5.41, 5.74) is 5.62. The molecule has 0 aliphatic carbocycles. The molecule has 11 rings (SSSR count). The molecule has 56 heavy (non-hydrogen) atoms. The fourth-order valence-electron chi connectivity index (χ4n) is 7.38. The van der Waals surface area contributed by atoms with E-state index < -0.39 is 42.3 Å². The SMILES string of the molecule is [2H]c1c([2H])c([2H])c2c(c1[2H])c1c([2H])c3c4c([2H])c([2H])c([2H])c([2H])c4n(-c4nc(-c5ccccc5)nc(-c5ccccc5)n4)c3c([2H])c1n2-c1ccc(-c2cccc(-c3ccccc3)c2)cc1. The van der Waals surface area contributed by atoms with Crippen molar-refractivity contribution in [3.63, 3.8) is 0 Å². The van der Waals surface area contributed by atoms with Gasteiger partial charge in [-0.2, -0.15) is 9.97 Å². The van der Waals surface area contributed by atoms with Crippen molar-refractivity contribution < 1.29 is 13.7 Å². The number of hydrogen-bond donors (Lipinski definition) is 0. The molecule has 8 aromatic carbocycles. The molecular formula is C51H33N5. The van der Waals surface area contributed by atoms with Gasteiger partial charge in [-0.25, -0.2) is 4.98 Å². The minimum atomic E-state index is -0.554. The first kappa shape index (κ1) is 23.2. The topological polar surface area (TPSA) is 48.5 Å². The summed E-state index contributed by atoms with van der Waals surface area (Å²) in [6.45, 7) is 0. The van der Waals surface area contributed by atoms with Crippen LogP contribution in [0.1, 0.15) is 13.7 Å². The Labute approximate surface area is 337 Å². The van der Waals surface area contributed by atoms with Gasteiger partial charge in [0.1, 0.15) is 0 Å². The van der Waals surface area contributed by atoms with E-state index in [9.17, 15) is 8.22 Å². The first-order chi connectivity index (χ1) is 31.9. The highest BCUT2D eigenvalue weighted by Gasteiger charge is 2.21. The third-order valence-electron chi connectivity index (χ3n) is 10.0. The number of aromatic nitrogens is 5. The van der Waals surface area contributed by atoms with Crippen LogP contribution in [0.4, 0.5) is 0 Å². The highest BCUT2D eigenvalue weighted by atomic mass is 15.2. The van der Waals surface area contributed by atoms with Crippen LogP contribution in [-0.2, 0) is 0 Å². The Morgan fingerprint density at radius 3 is 1.39 bits per heavy atom. The largest absolute Gasteiger partial charge is 0.309 e. The number of para-hydroxylation sites is 2. The zero-order chi connectivity index (χ0) is 45.7. The molecule has 0 fully saturated rings. The third-order valence-corrected chi connectivity index (χ3v) is 10.0. The number of hydrogen-bond acceptors (Lipinski definition) is 3. The molecule has 0 aliphatic heterocycles. The molecule has 0 radical (unpaired) electrons. The Balaban J connectivity index is 1.27. The van der Waals surface area contributed by atoms with Crippen molar-refractivity contribution in [3.05, 3.63) is 200 Å². The van der Waals surface area contributed by atoms with Gasteiger partial charge in [0.2, 0.25) is 5.95 Å². The van der Waals surface area contributed by atoms with Crippen LogP contribution < -0.4 is 0 Å². The first-order valence-corrected chi connectivity index (χ1v) is 18.1. The van der Waals surface area contributed by atoms with E-state index in [4.69, 9.17) is 20.4 Å². The Hall–Kier alpha value is -7.63. The van der Waals surface area contributed by atoms with E-state index in [0.717, 1.165) is 22.3 Å². The average Bonchev–Trinajstić information content (AvgIpc) is 3.93. The van der Waals surface area contributed by atoms with E-state index >= 15 is 0 Å². The molecule has 5 nitrogen and oxygen atoms in total. The zero-order valence-corrected chi connectivity index (χ0v) is 29.5. The Morgan fingerprint density at radius 2 is 0.821 bits per heavy atom. The summed E-state index contributed by atoms with van der Waals surface area (Å²) in [7, 11) is 0. The van der Waals surface area contributed by atoms with Gasteiger partial charge in [0.25, 0.3) is 0 Å². The molecule has 0 saturated carbocycles. The maximum Gasteiger partial charge on any atom is 0.238 e. The molecule has 0 unspecified atom stereocenters. The Bertz CT molecular complexity index is 3740. The molecule has 0 spiro atoms. The van der Waals surface area contributed by atoms with Crippen LogP contribution in [0.25, 0.3) is 100 Å². The van der Waals surface area contributed by atoms with E-state index in [1.165, 1.54) is 4.57 Å². The molecule has 0 saturated heterocycles. The number of benzene rings is 8. The molecule has 0 atom stereocenters. The van der Waals surface area contributed by atoms with E-state index in [0.29, 0.717) is 16.8 Å². The van der Waals surface area contributed by atoms with E-state index in [1.54, 1.807) is 16.7 Å². The van der Waals surface area contributed by atoms with Crippen molar-refractivity contribution in [1.82, 2.24) is 24.1 Å². The van der Waals surface area contributed by atoms with Crippen molar-refractivity contribution in [3.8, 4) is 56.7 Å². The van der Waals surface area contributed by atoms with Gasteiger partial charge in [0.05, 0.1) is 35.8 Å². The predicted molar refractivity (Wildman–Crippen MR) is 230 cm³/mol. The highest BCUT2D eigenvalue weighted by molar-refractivity contribution is 6.19. The summed E-state index contributed by atoms with van der Waals surface area (Å²) in [4.78, 5) is 14.6. The van der Waals surface area contributed by atoms with Crippen molar-refractivity contribution in [1.29, 1.82) is 0 Å². The van der Waals surface area contributed by atoms with Gasteiger partial charge in [-0.15, -0.1) is 0 Å². The Kier molecular flexibility index (Phi) is 5.41. The molecule has 3 aromatic heterocycles. The lowest BCUT2D eigenvalue weighted by Crippen LogP contribution is -2.06. The molecule has 5 heteroatoms. The number of fused-ring (bicyclic) bond motifs is 6. The molecule has 0 amide bonds. The maximum atomic E-state index is 10.3. The van der Waals surface area contributed by atoms with E-state index in [1.807, 2.05) is 121 Å². The fraction of sp³-hybridized carbons (Fsp3) is 0. The lowest BCUT2D eigenvalue weighted by Gasteiger charge is -2.12. The monoisotopic (exact) mass is 725 g/mol. The maximum absolute atomic E-state index is 10.3. The molecule has 0 bridgehead atoms. The summed E-state index contributed by atoms with van der Waals surface area (Å²) < 4.78 is 95.5. The van der Waals surface area contributed by atoms with Gasteiger partial charge in [0.15, 0.2) is 11.6 Å². The van der Waals surface area contributed by atoms with E-state index in [-0.39, 0.29) is 79.3 Å². The molecule has 3 heterocycles. The minimum absolute atomic E-state index is 0.00401. The fourth-order valence-corrected chi connectivity index (χ4v) is 7.38. The smallest absolute Gasteiger partial charge is 0.238 e. The highest BCUT2D eigenvalue weighted by Crippen LogP contribution is 2.40. The molecule has 11 aromatic rings. The van der Waals surface area contributed by atoms with Crippen LogP contribution >= 0.6 is 0 Å². The standard InChI is InChI=1S/C51H33N5/c1-4-15-34(16-5-1)38-21-14-22-39(31-38)35-27-29-40(30-28-35)55-45-25-12-10-23-41(45)43-32-44-42-24-11-13-26-46(42)56(48(44)33-47(43)55)51-53-49(36-17-6-2-7-18-36)52-50(54-51)37-19-8-3-9-20-37/h1-33H/i10D,11D,12D,13D,23D,24D,25D,26D,32D,33D. The number of nitrogens with zero attached hydrogens (tertiary/aromatic N) is 5. The lowest BCUT2D eigenvalue weighted by molar-refractivity contribution is 0.953. The van der Waals surface area contributed by atoms with Crippen LogP contribution in [-0.4, -0.2) is 24.1 Å². The van der Waals surface area contributed by atoms with Crippen molar-refractivity contribution in [2.24, 2.45) is 0 Å². The summed E-state index contributed by atoms with van der Waals surface area (Å²) in [5, 5.41) is -0.0810. The summed E-state index contributed by atoms with van der Waals surface area (Å²) >= 11 is 0. The van der Waals surface area contributed by atoms with Gasteiger partial charge >= 0.3 is 0 Å². The van der Waals surface area contributed by atoms with Crippen LogP contribution in [0.2, 0.25) is 0 Å². The Morgan fingerprint density at radius 1 is 0.357 bits per heavy atom. The molecule has 262 valence electrons. The summed E-state index contributed by atoms with van der Waals surface area (Å²) in [5.74, 6) is 0.427. The van der Waals surface area contributed by atoms with Gasteiger partial charge in [-0.3, -0.25) is 4.57 Å². The molecule has 0 aliphatic rings. The second-order valence-corrected chi connectivity index (χ2v) is 13.3. The van der Waals surface area contributed by atoms with Crippen LogP contribution in [0.3, 0.4) is 0 Å². The second-order valence-electron chi connectivity index (χ2n) is 13.3. The zero-order valence-electron chi connectivity index (χ0n) is 39.5. The van der Waals surface area contributed by atoms with Gasteiger partial charge < -0.3 is 4.57 Å².